The maximum atomic E-state index is 14.1. The number of unbranched alkanes of at least 4 members (excludes halogenated alkanes) is 1. The van der Waals surface area contributed by atoms with Gasteiger partial charge in [0, 0.05) is 19.5 Å². The van der Waals surface area contributed by atoms with Gasteiger partial charge in [0.15, 0.2) is 11.9 Å². The number of aliphatic carboxylic acids is 3. The van der Waals surface area contributed by atoms with Gasteiger partial charge >= 0.3 is 17.9 Å². The van der Waals surface area contributed by atoms with Crippen molar-refractivity contribution in [3.8, 4) is 0 Å². The van der Waals surface area contributed by atoms with Crippen LogP contribution in [0.3, 0.4) is 0 Å². The largest absolute Gasteiger partial charge is 0.481 e. The van der Waals surface area contributed by atoms with Gasteiger partial charge < -0.3 is 96.9 Å². The lowest BCUT2D eigenvalue weighted by molar-refractivity contribution is -0.144. The van der Waals surface area contributed by atoms with Crippen LogP contribution < -0.4 is 76.5 Å². The lowest BCUT2D eigenvalue weighted by atomic mass is 9.96. The van der Waals surface area contributed by atoms with Gasteiger partial charge in [-0.2, -0.15) is 0 Å². The molecule has 436 valence electrons. The standard InChI is InChI=1S/C46H82N16O15/c1-5-24(4)35(62-40(72)28(14-10-20-54-46(50)51)55-36(68)25-12-8-18-52-25)43(75)58-26(11-6-7-17-47)38(70)60-31(22-63)42(74)56-27(13-9-19-53-45(48)49)37(69)57-29(15-16-32(64)65)39(71)59-30(21-33(66)67)41(73)61-34(23(2)3)44(76)77/h23-31,34-35,52,63H,5-22,47H2,1-4H3,(H,55,68)(H,56,74)(H,57,69)(H,58,75)(H,59,71)(H,60,70)(H,61,73)(H,62,72)(H,64,65)(H,66,67)(H,76,77)(H4,48,49,53)(H4,50,51,54)/t24-,25-,26-,27-,28-,29-,30-,31-,34-,35-/m0/s1. The molecule has 10 atom stereocenters. The molecule has 0 radical (unpaired) electrons. The predicted octanol–water partition coefficient (Wildman–Crippen LogP) is -6.03. The molecule has 23 N–H and O–H groups in total. The van der Waals surface area contributed by atoms with Crippen molar-refractivity contribution in [1.29, 1.82) is 0 Å². The summed E-state index contributed by atoms with van der Waals surface area (Å²) in [6.45, 7) is 6.16. The van der Waals surface area contributed by atoms with Crippen LogP contribution in [0.1, 0.15) is 111 Å². The highest BCUT2D eigenvalue weighted by atomic mass is 16.4. The van der Waals surface area contributed by atoms with Gasteiger partial charge in [-0.3, -0.25) is 57.9 Å². The molecule has 31 heteroatoms. The molecule has 0 aromatic rings. The third-order valence-corrected chi connectivity index (χ3v) is 12.2. The third-order valence-electron chi connectivity index (χ3n) is 12.2. The molecule has 1 heterocycles. The van der Waals surface area contributed by atoms with Crippen LogP contribution in [0, 0.1) is 11.8 Å². The van der Waals surface area contributed by atoms with Crippen molar-refractivity contribution in [2.75, 3.05) is 32.8 Å². The van der Waals surface area contributed by atoms with E-state index in [2.05, 4.69) is 57.8 Å². The van der Waals surface area contributed by atoms with Crippen LogP contribution in [0.4, 0.5) is 0 Å². The van der Waals surface area contributed by atoms with E-state index in [1.54, 1.807) is 13.8 Å². The van der Waals surface area contributed by atoms with E-state index in [0.29, 0.717) is 25.8 Å². The molecular weight excluding hydrogens is 1020 g/mol. The average molecular weight is 1100 g/mol. The molecule has 0 saturated carbocycles. The summed E-state index contributed by atoms with van der Waals surface area (Å²) in [4.78, 5) is 153. The van der Waals surface area contributed by atoms with Gasteiger partial charge in [-0.25, -0.2) is 4.79 Å². The molecule has 1 aliphatic rings. The zero-order valence-corrected chi connectivity index (χ0v) is 44.1. The van der Waals surface area contributed by atoms with Crippen molar-refractivity contribution in [2.45, 2.75) is 166 Å². The van der Waals surface area contributed by atoms with Crippen molar-refractivity contribution in [2.24, 2.45) is 50.5 Å². The second kappa shape index (κ2) is 35.8. The Kier molecular flexibility index (Phi) is 31.4. The van der Waals surface area contributed by atoms with Crippen molar-refractivity contribution in [1.82, 2.24) is 47.9 Å². The zero-order valence-electron chi connectivity index (χ0n) is 44.1. The van der Waals surface area contributed by atoms with E-state index in [9.17, 15) is 73.2 Å². The number of aliphatic hydroxyl groups is 1. The van der Waals surface area contributed by atoms with Crippen LogP contribution in [0.5, 0.6) is 0 Å². The number of rotatable bonds is 38. The van der Waals surface area contributed by atoms with Crippen molar-refractivity contribution in [3.63, 3.8) is 0 Å². The third kappa shape index (κ3) is 26.3. The first-order valence-electron chi connectivity index (χ1n) is 25.5. The highest BCUT2D eigenvalue weighted by molar-refractivity contribution is 5.99. The number of amides is 8. The first kappa shape index (κ1) is 67.6. The quantitative estimate of drug-likeness (QED) is 0.0155. The minimum Gasteiger partial charge on any atom is -0.481 e. The molecule has 77 heavy (non-hydrogen) atoms. The Morgan fingerprint density at radius 2 is 1.00 bits per heavy atom. The molecule has 0 aromatic heterocycles. The molecule has 0 aliphatic carbocycles. The van der Waals surface area contributed by atoms with Gasteiger partial charge in [0.2, 0.25) is 47.3 Å². The molecule has 0 bridgehead atoms. The summed E-state index contributed by atoms with van der Waals surface area (Å²) in [6.07, 6.45) is -0.100. The number of aliphatic hydroxyl groups excluding tert-OH is 1. The topological polar surface area (TPSA) is 532 Å². The van der Waals surface area contributed by atoms with E-state index in [1.165, 1.54) is 13.8 Å². The number of hydrogen-bond acceptors (Lipinski definition) is 16. The maximum absolute atomic E-state index is 14.1. The summed E-state index contributed by atoms with van der Waals surface area (Å²) < 4.78 is 0. The van der Waals surface area contributed by atoms with E-state index in [-0.39, 0.29) is 70.1 Å². The molecule has 8 amide bonds. The van der Waals surface area contributed by atoms with Gasteiger partial charge in [-0.1, -0.05) is 34.1 Å². The molecular formula is C46H82N16O15. The van der Waals surface area contributed by atoms with E-state index >= 15 is 0 Å². The minimum absolute atomic E-state index is 0.0220. The molecule has 0 spiro atoms. The zero-order chi connectivity index (χ0) is 58.4. The highest BCUT2D eigenvalue weighted by Gasteiger charge is 2.37. The first-order valence-corrected chi connectivity index (χ1v) is 25.5. The molecule has 1 fully saturated rings. The van der Waals surface area contributed by atoms with Crippen LogP contribution in [-0.4, -0.2) is 185 Å². The number of guanidine groups is 2. The second-order valence-corrected chi connectivity index (χ2v) is 18.9. The smallest absolute Gasteiger partial charge is 0.326 e. The normalized spacial score (nSPS) is 16.4. The summed E-state index contributed by atoms with van der Waals surface area (Å²) >= 11 is 0. The number of carboxylic acid groups (broad SMARTS) is 3. The molecule has 31 nitrogen and oxygen atoms in total. The van der Waals surface area contributed by atoms with E-state index in [1.807, 2.05) is 0 Å². The number of carbonyl (C=O) groups excluding carboxylic acids is 8. The van der Waals surface area contributed by atoms with Crippen LogP contribution in [0.2, 0.25) is 0 Å². The van der Waals surface area contributed by atoms with Gasteiger partial charge in [0.05, 0.1) is 19.1 Å². The van der Waals surface area contributed by atoms with Crippen molar-refractivity contribution < 1.29 is 73.2 Å². The van der Waals surface area contributed by atoms with Gasteiger partial charge in [-0.05, 0) is 89.1 Å². The van der Waals surface area contributed by atoms with E-state index < -0.39 is 157 Å². The fourth-order valence-corrected chi connectivity index (χ4v) is 7.68. The van der Waals surface area contributed by atoms with Crippen molar-refractivity contribution in [3.05, 3.63) is 0 Å². The van der Waals surface area contributed by atoms with Gasteiger partial charge in [0.1, 0.15) is 48.3 Å². The predicted molar refractivity (Wildman–Crippen MR) is 277 cm³/mol. The Balaban J connectivity index is 3.50. The van der Waals surface area contributed by atoms with E-state index in [4.69, 9.17) is 28.7 Å². The highest BCUT2D eigenvalue weighted by Crippen LogP contribution is 2.14. The molecule has 1 aliphatic heterocycles. The fraction of sp³-hybridized carbons (Fsp3) is 0.717. The lowest BCUT2D eigenvalue weighted by Gasteiger charge is -2.29. The fourth-order valence-electron chi connectivity index (χ4n) is 7.68. The number of carbonyl (C=O) groups is 11. The van der Waals surface area contributed by atoms with Gasteiger partial charge in [-0.15, -0.1) is 0 Å². The van der Waals surface area contributed by atoms with Crippen LogP contribution in [-0.2, 0) is 52.7 Å². The Morgan fingerprint density at radius 3 is 1.44 bits per heavy atom. The van der Waals surface area contributed by atoms with Crippen molar-refractivity contribution >= 4 is 77.1 Å². The lowest BCUT2D eigenvalue weighted by Crippen LogP contribution is -2.61. The molecule has 0 aromatic carbocycles. The number of aliphatic imine (C=N–C) groups is 2. The SMILES string of the molecule is CC[C@H](C)[C@H](NC(=O)[C@H](CCCN=C(N)N)NC(=O)[C@@H]1CCCN1)C(=O)N[C@@H](CCCCN)C(=O)N[C@@H](CO)C(=O)N[C@@H](CCCN=C(N)N)C(=O)N[C@@H](CCC(=O)O)C(=O)N[C@@H](CC(=O)O)C(=O)N[C@H](C(=O)O)C(C)C. The second-order valence-electron chi connectivity index (χ2n) is 18.9. The van der Waals surface area contributed by atoms with Gasteiger partial charge in [0.25, 0.3) is 0 Å². The average Bonchev–Trinajstić information content (AvgIpc) is 3.91. The number of nitrogens with zero attached hydrogens (tertiary/aromatic N) is 2. The number of nitrogens with two attached hydrogens (primary N) is 5. The van der Waals surface area contributed by atoms with Crippen LogP contribution >= 0.6 is 0 Å². The molecule has 1 saturated heterocycles. The molecule has 1 rings (SSSR count). The summed E-state index contributed by atoms with van der Waals surface area (Å²) in [7, 11) is 0. The Labute approximate surface area is 446 Å². The first-order chi connectivity index (χ1) is 36.3. The minimum atomic E-state index is -1.92. The summed E-state index contributed by atoms with van der Waals surface area (Å²) in [5.41, 5.74) is 27.5. The Morgan fingerprint density at radius 1 is 0.558 bits per heavy atom. The summed E-state index contributed by atoms with van der Waals surface area (Å²) in [5, 5.41) is 61.4. The van der Waals surface area contributed by atoms with E-state index in [0.717, 1.165) is 6.42 Å². The summed E-state index contributed by atoms with van der Waals surface area (Å²) in [5.74, 6) is -13.9. The summed E-state index contributed by atoms with van der Waals surface area (Å²) in [6, 6.07) is -13.0. The Hall–Kier alpha value is -7.41. The number of nitrogens with one attached hydrogen (secondary N) is 9. The number of carboxylic acids is 3. The van der Waals surface area contributed by atoms with Crippen LogP contribution in [0.25, 0.3) is 0 Å². The van der Waals surface area contributed by atoms with Crippen LogP contribution in [0.15, 0.2) is 9.98 Å². The number of hydrogen-bond donors (Lipinski definition) is 18. The monoisotopic (exact) mass is 1100 g/mol. The maximum Gasteiger partial charge on any atom is 0.326 e. The Bertz CT molecular complexity index is 2060. The molecule has 0 unspecified atom stereocenters.